The van der Waals surface area contributed by atoms with E-state index in [0.717, 1.165) is 26.4 Å². The highest BCUT2D eigenvalue weighted by molar-refractivity contribution is 7.16. The number of non-ortho nitro benzene ring substituents is 1. The number of para-hydroxylation sites is 2. The summed E-state index contributed by atoms with van der Waals surface area (Å²) in [7, 11) is 0. The van der Waals surface area contributed by atoms with E-state index >= 15 is 0 Å². The Kier molecular flexibility index (Phi) is 4.24. The minimum absolute atomic E-state index is 0.0537. The quantitative estimate of drug-likeness (QED) is 0.300. The van der Waals surface area contributed by atoms with Crippen LogP contribution in [-0.4, -0.2) is 14.9 Å². The number of nitro groups is 1. The average molecular weight is 372 g/mol. The molecule has 4 rings (SSSR count). The molecule has 0 spiro atoms. The topological polar surface area (TPSA) is 95.6 Å². The molecule has 0 aliphatic rings. The van der Waals surface area contributed by atoms with Crippen molar-refractivity contribution in [1.82, 2.24) is 9.97 Å². The van der Waals surface area contributed by atoms with Gasteiger partial charge < -0.3 is 4.98 Å². The first-order valence-corrected chi connectivity index (χ1v) is 8.87. The Hall–Kier alpha value is -3.76. The van der Waals surface area contributed by atoms with E-state index in [9.17, 15) is 15.4 Å². The van der Waals surface area contributed by atoms with Gasteiger partial charge in [-0.05, 0) is 35.9 Å². The van der Waals surface area contributed by atoms with Crippen LogP contribution in [-0.2, 0) is 0 Å². The molecule has 7 heteroatoms. The van der Waals surface area contributed by atoms with E-state index in [1.165, 1.54) is 17.4 Å². The molecule has 0 atom stereocenters. The highest BCUT2D eigenvalue weighted by Gasteiger charge is 2.11. The van der Waals surface area contributed by atoms with E-state index in [1.807, 2.05) is 42.5 Å². The summed E-state index contributed by atoms with van der Waals surface area (Å²) in [5.41, 5.74) is 2.93. The van der Waals surface area contributed by atoms with Crippen molar-refractivity contribution in [3.8, 4) is 16.5 Å². The number of allylic oxidation sites excluding steroid dienone is 1. The van der Waals surface area contributed by atoms with E-state index in [0.29, 0.717) is 11.4 Å². The van der Waals surface area contributed by atoms with Crippen LogP contribution in [0.25, 0.3) is 33.1 Å². The van der Waals surface area contributed by atoms with Gasteiger partial charge >= 0.3 is 0 Å². The summed E-state index contributed by atoms with van der Waals surface area (Å²) in [6, 6.07) is 20.1. The first-order valence-electron chi connectivity index (χ1n) is 8.05. The highest BCUT2D eigenvalue weighted by atomic mass is 32.1. The maximum Gasteiger partial charge on any atom is 0.270 e. The standard InChI is InChI=1S/C20H12N4O2S/c21-12-14(20-22-17-6-1-2-7-18(17)23-20)11-16-8-9-19(27-16)13-4-3-5-15(10-13)24(25)26/h1-11H,(H,22,23)/b14-11+. The van der Waals surface area contributed by atoms with Gasteiger partial charge in [0, 0.05) is 21.9 Å². The Morgan fingerprint density at radius 3 is 2.81 bits per heavy atom. The summed E-state index contributed by atoms with van der Waals surface area (Å²) in [6.45, 7) is 0. The normalized spacial score (nSPS) is 11.4. The molecule has 0 radical (unpaired) electrons. The summed E-state index contributed by atoms with van der Waals surface area (Å²) in [5.74, 6) is 0.518. The Morgan fingerprint density at radius 2 is 2.04 bits per heavy atom. The molecule has 2 heterocycles. The molecule has 27 heavy (non-hydrogen) atoms. The second-order valence-corrected chi connectivity index (χ2v) is 6.90. The Labute approximate surface area is 158 Å². The molecule has 2 aromatic heterocycles. The van der Waals surface area contributed by atoms with Crippen LogP contribution >= 0.6 is 11.3 Å². The van der Waals surface area contributed by atoms with Gasteiger partial charge in [-0.2, -0.15) is 5.26 Å². The number of nitrogens with one attached hydrogen (secondary N) is 1. The number of rotatable bonds is 4. The summed E-state index contributed by atoms with van der Waals surface area (Å²) in [6.07, 6.45) is 1.77. The first-order chi connectivity index (χ1) is 13.1. The number of hydrogen-bond donors (Lipinski definition) is 1. The van der Waals surface area contributed by atoms with Crippen LogP contribution in [0.2, 0.25) is 0 Å². The second-order valence-electron chi connectivity index (χ2n) is 5.78. The maximum absolute atomic E-state index is 11.0. The number of H-pyrrole nitrogens is 1. The van der Waals surface area contributed by atoms with E-state index in [2.05, 4.69) is 16.0 Å². The zero-order valence-electron chi connectivity index (χ0n) is 13.9. The van der Waals surface area contributed by atoms with Gasteiger partial charge in [0.05, 0.1) is 21.5 Å². The van der Waals surface area contributed by atoms with E-state index in [4.69, 9.17) is 0 Å². The van der Waals surface area contributed by atoms with Gasteiger partial charge in [0.15, 0.2) is 0 Å². The number of aromatic amines is 1. The van der Waals surface area contributed by atoms with E-state index in [-0.39, 0.29) is 5.69 Å². The largest absolute Gasteiger partial charge is 0.337 e. The molecule has 1 N–H and O–H groups in total. The fraction of sp³-hybridized carbons (Fsp3) is 0. The monoisotopic (exact) mass is 372 g/mol. The highest BCUT2D eigenvalue weighted by Crippen LogP contribution is 2.32. The third kappa shape index (κ3) is 3.34. The van der Waals surface area contributed by atoms with Crippen LogP contribution in [0.4, 0.5) is 5.69 Å². The molecule has 0 aliphatic heterocycles. The zero-order valence-corrected chi connectivity index (χ0v) is 14.7. The third-order valence-corrected chi connectivity index (χ3v) is 5.10. The summed E-state index contributed by atoms with van der Waals surface area (Å²) >= 11 is 1.46. The SMILES string of the molecule is N#C/C(=C\c1ccc(-c2cccc([N+](=O)[O-])c2)s1)c1nc2ccccc2[nH]1. The first kappa shape index (κ1) is 16.7. The van der Waals surface area contributed by atoms with Crippen molar-refractivity contribution >= 4 is 39.7 Å². The predicted molar refractivity (Wildman–Crippen MR) is 106 cm³/mol. The van der Waals surface area contributed by atoms with E-state index in [1.54, 1.807) is 18.2 Å². The summed E-state index contributed by atoms with van der Waals surface area (Å²) in [5, 5.41) is 20.5. The van der Waals surface area contributed by atoms with Crippen LogP contribution in [0.15, 0.2) is 60.7 Å². The van der Waals surface area contributed by atoms with Gasteiger partial charge in [0.2, 0.25) is 0 Å². The van der Waals surface area contributed by atoms with Crippen molar-refractivity contribution in [3.05, 3.63) is 81.5 Å². The smallest absolute Gasteiger partial charge is 0.270 e. The number of aromatic nitrogens is 2. The zero-order chi connectivity index (χ0) is 18.8. The van der Waals surface area contributed by atoms with Gasteiger partial charge in [0.1, 0.15) is 11.9 Å². The van der Waals surface area contributed by atoms with Crippen LogP contribution in [0.5, 0.6) is 0 Å². The third-order valence-electron chi connectivity index (χ3n) is 4.02. The number of nitrogens with zero attached hydrogens (tertiary/aromatic N) is 3. The molecule has 0 aliphatic carbocycles. The molecule has 0 fully saturated rings. The number of benzene rings is 2. The lowest BCUT2D eigenvalue weighted by atomic mass is 10.1. The number of thiophene rings is 1. The average Bonchev–Trinajstić information content (AvgIpc) is 3.33. The van der Waals surface area contributed by atoms with Crippen molar-refractivity contribution in [3.63, 3.8) is 0 Å². The lowest BCUT2D eigenvalue weighted by Gasteiger charge is -1.97. The molecule has 0 amide bonds. The van der Waals surface area contributed by atoms with Gasteiger partial charge in [-0.1, -0.05) is 24.3 Å². The lowest BCUT2D eigenvalue weighted by molar-refractivity contribution is -0.384. The number of imidazole rings is 1. The Bertz CT molecular complexity index is 1200. The maximum atomic E-state index is 11.0. The Morgan fingerprint density at radius 1 is 1.19 bits per heavy atom. The molecule has 0 unspecified atom stereocenters. The van der Waals surface area contributed by atoms with Crippen molar-refractivity contribution in [2.45, 2.75) is 0 Å². The minimum Gasteiger partial charge on any atom is -0.337 e. The number of fused-ring (bicyclic) bond motifs is 1. The molecule has 4 aromatic rings. The number of nitriles is 1. The molecule has 2 aromatic carbocycles. The van der Waals surface area contributed by atoms with Gasteiger partial charge in [-0.25, -0.2) is 4.98 Å². The van der Waals surface area contributed by atoms with Crippen LogP contribution < -0.4 is 0 Å². The minimum atomic E-state index is -0.409. The van der Waals surface area contributed by atoms with Gasteiger partial charge in [0.25, 0.3) is 5.69 Å². The number of nitro benzene ring substituents is 1. The van der Waals surface area contributed by atoms with E-state index < -0.39 is 4.92 Å². The molecular weight excluding hydrogens is 360 g/mol. The Balaban J connectivity index is 1.68. The molecule has 0 saturated heterocycles. The predicted octanol–water partition coefficient (Wildman–Crippen LogP) is 5.26. The molecule has 0 bridgehead atoms. The van der Waals surface area contributed by atoms with Crippen molar-refractivity contribution < 1.29 is 4.92 Å². The fourth-order valence-corrected chi connectivity index (χ4v) is 3.68. The van der Waals surface area contributed by atoms with Gasteiger partial charge in [-0.3, -0.25) is 10.1 Å². The van der Waals surface area contributed by atoms with Crippen LogP contribution in [0.3, 0.4) is 0 Å². The van der Waals surface area contributed by atoms with Crippen LogP contribution in [0, 0.1) is 21.4 Å². The van der Waals surface area contributed by atoms with Crippen molar-refractivity contribution in [1.29, 1.82) is 5.26 Å². The molecule has 0 saturated carbocycles. The molecule has 130 valence electrons. The second kappa shape index (κ2) is 6.86. The lowest BCUT2D eigenvalue weighted by Crippen LogP contribution is -1.87. The molecule has 6 nitrogen and oxygen atoms in total. The molecular formula is C20H12N4O2S. The van der Waals surface area contributed by atoms with Gasteiger partial charge in [-0.15, -0.1) is 11.3 Å². The fourth-order valence-electron chi connectivity index (χ4n) is 2.73. The summed E-state index contributed by atoms with van der Waals surface area (Å²) in [4.78, 5) is 19.9. The number of hydrogen-bond acceptors (Lipinski definition) is 5. The summed E-state index contributed by atoms with van der Waals surface area (Å²) < 4.78 is 0. The van der Waals surface area contributed by atoms with Crippen molar-refractivity contribution in [2.75, 3.05) is 0 Å². The van der Waals surface area contributed by atoms with Crippen LogP contribution in [0.1, 0.15) is 10.7 Å². The van der Waals surface area contributed by atoms with Crippen molar-refractivity contribution in [2.24, 2.45) is 0 Å².